The molecule has 0 aliphatic carbocycles. The number of alkyl halides is 6. The lowest BCUT2D eigenvalue weighted by molar-refractivity contribution is -0.142. The molecule has 0 amide bonds. The van der Waals surface area contributed by atoms with Crippen LogP contribution in [0.1, 0.15) is 27.9 Å². The van der Waals surface area contributed by atoms with Crippen molar-refractivity contribution in [2.75, 3.05) is 0 Å². The molecule has 0 fully saturated rings. The number of benzene rings is 2. The van der Waals surface area contributed by atoms with Crippen molar-refractivity contribution in [3.05, 3.63) is 76.6 Å². The molecule has 29 heavy (non-hydrogen) atoms. The number of ether oxygens (including phenoxy) is 1. The lowest BCUT2D eigenvalue weighted by Gasteiger charge is -2.17. The SMILES string of the molecule is FC(F)(F)c1ccc(C(F)(F)F)c(COc2ccccc2CCc2cn[nH]n2)c1. The minimum absolute atomic E-state index is 0.293. The van der Waals surface area contributed by atoms with E-state index in [4.69, 9.17) is 4.74 Å². The number of hydrogen-bond acceptors (Lipinski definition) is 3. The molecule has 0 bridgehead atoms. The van der Waals surface area contributed by atoms with E-state index in [1.807, 2.05) is 0 Å². The van der Waals surface area contributed by atoms with Gasteiger partial charge in [-0.25, -0.2) is 0 Å². The van der Waals surface area contributed by atoms with Gasteiger partial charge in [-0.15, -0.1) is 0 Å². The number of nitrogens with zero attached hydrogens (tertiary/aromatic N) is 2. The maximum absolute atomic E-state index is 13.2. The van der Waals surface area contributed by atoms with E-state index < -0.39 is 35.6 Å². The minimum Gasteiger partial charge on any atom is -0.489 e. The van der Waals surface area contributed by atoms with Crippen LogP contribution in [0.15, 0.2) is 48.7 Å². The first-order valence-electron chi connectivity index (χ1n) is 8.47. The largest absolute Gasteiger partial charge is 0.489 e. The monoisotopic (exact) mass is 415 g/mol. The first-order chi connectivity index (χ1) is 13.6. The van der Waals surface area contributed by atoms with Gasteiger partial charge in [0.05, 0.1) is 23.0 Å². The van der Waals surface area contributed by atoms with Crippen LogP contribution in [0.5, 0.6) is 5.75 Å². The highest BCUT2D eigenvalue weighted by Crippen LogP contribution is 2.37. The summed E-state index contributed by atoms with van der Waals surface area (Å²) in [6.07, 6.45) is -7.03. The normalized spacial score (nSPS) is 12.2. The highest BCUT2D eigenvalue weighted by molar-refractivity contribution is 5.37. The maximum Gasteiger partial charge on any atom is 0.416 e. The number of aromatic amines is 1. The molecule has 0 spiro atoms. The van der Waals surface area contributed by atoms with E-state index >= 15 is 0 Å². The number of aromatic nitrogens is 3. The molecular weight excluding hydrogens is 400 g/mol. The molecule has 3 rings (SSSR count). The first-order valence-corrected chi connectivity index (χ1v) is 8.47. The van der Waals surface area contributed by atoms with Crippen molar-refractivity contribution >= 4 is 0 Å². The van der Waals surface area contributed by atoms with Crippen molar-refractivity contribution < 1.29 is 31.1 Å². The Balaban J connectivity index is 1.82. The van der Waals surface area contributed by atoms with Crippen LogP contribution < -0.4 is 4.74 Å². The zero-order chi connectivity index (χ0) is 21.1. The van der Waals surface area contributed by atoms with Gasteiger partial charge in [0, 0.05) is 5.56 Å². The fraction of sp³-hybridized carbons (Fsp3) is 0.263. The van der Waals surface area contributed by atoms with Gasteiger partial charge in [0.1, 0.15) is 12.4 Å². The van der Waals surface area contributed by atoms with Crippen LogP contribution in [-0.4, -0.2) is 15.4 Å². The summed E-state index contributed by atoms with van der Waals surface area (Å²) >= 11 is 0. The smallest absolute Gasteiger partial charge is 0.416 e. The van der Waals surface area contributed by atoms with Gasteiger partial charge in [0.15, 0.2) is 0 Å². The summed E-state index contributed by atoms with van der Waals surface area (Å²) in [5, 5.41) is 10.1. The predicted octanol–water partition coefficient (Wildman–Crippen LogP) is 5.21. The van der Waals surface area contributed by atoms with Crippen molar-refractivity contribution in [2.24, 2.45) is 0 Å². The van der Waals surface area contributed by atoms with Crippen LogP contribution in [0.25, 0.3) is 0 Å². The molecule has 0 saturated carbocycles. The second-order valence-electron chi connectivity index (χ2n) is 6.23. The molecule has 0 radical (unpaired) electrons. The summed E-state index contributed by atoms with van der Waals surface area (Å²) in [7, 11) is 0. The predicted molar refractivity (Wildman–Crippen MR) is 91.0 cm³/mol. The average Bonchev–Trinajstić information content (AvgIpc) is 3.17. The van der Waals surface area contributed by atoms with Gasteiger partial charge in [-0.05, 0) is 42.7 Å². The minimum atomic E-state index is -4.80. The maximum atomic E-state index is 13.2. The Hall–Kier alpha value is -3.04. The van der Waals surface area contributed by atoms with E-state index in [0.717, 1.165) is 0 Å². The van der Waals surface area contributed by atoms with Crippen LogP contribution in [-0.2, 0) is 31.8 Å². The lowest BCUT2D eigenvalue weighted by Crippen LogP contribution is -2.14. The summed E-state index contributed by atoms with van der Waals surface area (Å²) in [5.41, 5.74) is -1.53. The third-order valence-electron chi connectivity index (χ3n) is 4.21. The molecule has 1 aromatic heterocycles. The van der Waals surface area contributed by atoms with Crippen LogP contribution >= 0.6 is 0 Å². The van der Waals surface area contributed by atoms with E-state index in [2.05, 4.69) is 15.4 Å². The van der Waals surface area contributed by atoms with E-state index in [-0.39, 0.29) is 0 Å². The van der Waals surface area contributed by atoms with E-state index in [9.17, 15) is 26.3 Å². The Morgan fingerprint density at radius 2 is 1.62 bits per heavy atom. The number of aryl methyl sites for hydroxylation is 2. The van der Waals surface area contributed by atoms with Crippen LogP contribution in [0, 0.1) is 0 Å². The highest BCUT2D eigenvalue weighted by Gasteiger charge is 2.37. The number of rotatable bonds is 6. The third kappa shape index (κ3) is 5.27. The molecule has 3 aromatic rings. The van der Waals surface area contributed by atoms with Crippen molar-refractivity contribution in [1.29, 1.82) is 0 Å². The molecule has 10 heteroatoms. The van der Waals surface area contributed by atoms with Gasteiger partial charge in [0.25, 0.3) is 0 Å². The Kier molecular flexibility index (Phi) is 5.81. The van der Waals surface area contributed by atoms with Gasteiger partial charge in [-0.2, -0.15) is 41.8 Å². The fourth-order valence-electron chi connectivity index (χ4n) is 2.78. The van der Waals surface area contributed by atoms with Crippen molar-refractivity contribution in [2.45, 2.75) is 31.8 Å². The standard InChI is InChI=1S/C19H15F6N3O/c20-18(21,22)14-6-8-16(19(23,24)25)13(9-14)11-29-17-4-2-1-3-12(17)5-7-15-10-26-28-27-15/h1-4,6,8-10H,5,7,11H2,(H,26,27,28). The third-order valence-corrected chi connectivity index (χ3v) is 4.21. The molecule has 1 heterocycles. The molecule has 0 saturated heterocycles. The van der Waals surface area contributed by atoms with Gasteiger partial charge < -0.3 is 4.74 Å². The molecule has 0 atom stereocenters. The molecule has 1 N–H and O–H groups in total. The summed E-state index contributed by atoms with van der Waals surface area (Å²) in [4.78, 5) is 0. The summed E-state index contributed by atoms with van der Waals surface area (Å²) in [6.45, 7) is -0.653. The van der Waals surface area contributed by atoms with E-state index in [0.29, 0.717) is 48.0 Å². The molecule has 0 aliphatic rings. The van der Waals surface area contributed by atoms with Gasteiger partial charge >= 0.3 is 12.4 Å². The topological polar surface area (TPSA) is 50.8 Å². The fourth-order valence-corrected chi connectivity index (χ4v) is 2.78. The first kappa shape index (κ1) is 20.7. The highest BCUT2D eigenvalue weighted by atomic mass is 19.4. The zero-order valence-electron chi connectivity index (χ0n) is 14.8. The quantitative estimate of drug-likeness (QED) is 0.563. The van der Waals surface area contributed by atoms with Crippen LogP contribution in [0.4, 0.5) is 26.3 Å². The molecule has 2 aromatic carbocycles. The van der Waals surface area contributed by atoms with Gasteiger partial charge in [-0.3, -0.25) is 0 Å². The number of para-hydroxylation sites is 1. The van der Waals surface area contributed by atoms with Crippen molar-refractivity contribution in [3.8, 4) is 5.75 Å². The molecule has 4 nitrogen and oxygen atoms in total. The number of halogens is 6. The Labute approximate surface area is 161 Å². The van der Waals surface area contributed by atoms with E-state index in [1.165, 1.54) is 0 Å². The average molecular weight is 415 g/mol. The Bertz CT molecular complexity index is 951. The number of hydrogen-bond donors (Lipinski definition) is 1. The molecular formula is C19H15F6N3O. The Morgan fingerprint density at radius 1 is 0.862 bits per heavy atom. The Morgan fingerprint density at radius 3 is 2.28 bits per heavy atom. The second-order valence-corrected chi connectivity index (χ2v) is 6.23. The summed E-state index contributed by atoms with van der Waals surface area (Å²) in [5.74, 6) is 0.293. The number of nitrogens with one attached hydrogen (secondary N) is 1. The zero-order valence-corrected chi connectivity index (χ0v) is 14.8. The van der Waals surface area contributed by atoms with Crippen molar-refractivity contribution in [3.63, 3.8) is 0 Å². The summed E-state index contributed by atoms with van der Waals surface area (Å²) in [6, 6.07) is 7.96. The van der Waals surface area contributed by atoms with Crippen LogP contribution in [0.2, 0.25) is 0 Å². The lowest BCUT2D eigenvalue weighted by atomic mass is 10.0. The summed E-state index contributed by atoms with van der Waals surface area (Å²) < 4.78 is 83.9. The van der Waals surface area contributed by atoms with Gasteiger partial charge in [-0.1, -0.05) is 18.2 Å². The van der Waals surface area contributed by atoms with Crippen molar-refractivity contribution in [1.82, 2.24) is 15.4 Å². The molecule has 154 valence electrons. The number of H-pyrrole nitrogens is 1. The second kappa shape index (κ2) is 8.14. The molecule has 0 unspecified atom stereocenters. The van der Waals surface area contributed by atoms with Gasteiger partial charge in [0.2, 0.25) is 0 Å². The molecule has 0 aliphatic heterocycles. The van der Waals surface area contributed by atoms with Crippen LogP contribution in [0.3, 0.4) is 0 Å². The van der Waals surface area contributed by atoms with E-state index in [1.54, 1.807) is 30.5 Å².